The number of aryl methyl sites for hydroxylation is 2. The minimum Gasteiger partial charge on any atom is -0.347 e. The third kappa shape index (κ3) is 5.91. The van der Waals surface area contributed by atoms with Crippen LogP contribution in [-0.2, 0) is 11.3 Å². The van der Waals surface area contributed by atoms with Gasteiger partial charge < -0.3 is 10.6 Å². The maximum Gasteiger partial charge on any atom is 0.268 e. The van der Waals surface area contributed by atoms with Crippen molar-refractivity contribution in [3.05, 3.63) is 112 Å². The molecule has 3 rings (SSSR count). The lowest BCUT2D eigenvalue weighted by Crippen LogP contribution is -2.34. The largest absolute Gasteiger partial charge is 0.347 e. The van der Waals surface area contributed by atoms with Gasteiger partial charge in [-0.2, -0.15) is 0 Å². The molecule has 0 fully saturated rings. The van der Waals surface area contributed by atoms with E-state index in [2.05, 4.69) is 10.6 Å². The molecule has 29 heavy (non-hydrogen) atoms. The molecule has 0 saturated heterocycles. The van der Waals surface area contributed by atoms with Crippen molar-refractivity contribution in [2.24, 2.45) is 0 Å². The fourth-order valence-corrected chi connectivity index (χ4v) is 2.76. The smallest absolute Gasteiger partial charge is 0.268 e. The van der Waals surface area contributed by atoms with E-state index in [9.17, 15) is 9.59 Å². The Balaban J connectivity index is 1.77. The molecule has 146 valence electrons. The first-order valence-corrected chi connectivity index (χ1v) is 9.50. The van der Waals surface area contributed by atoms with E-state index in [1.165, 1.54) is 0 Å². The summed E-state index contributed by atoms with van der Waals surface area (Å²) in [5.74, 6) is -0.660. The van der Waals surface area contributed by atoms with Crippen molar-refractivity contribution in [1.82, 2.24) is 10.6 Å². The van der Waals surface area contributed by atoms with Crippen molar-refractivity contribution in [3.8, 4) is 0 Å². The maximum atomic E-state index is 12.8. The average Bonchev–Trinajstić information content (AvgIpc) is 2.74. The first-order chi connectivity index (χ1) is 14.0. The average molecular weight is 384 g/mol. The Morgan fingerprint density at radius 3 is 2.00 bits per heavy atom. The van der Waals surface area contributed by atoms with Gasteiger partial charge in [0.25, 0.3) is 11.8 Å². The quantitative estimate of drug-likeness (QED) is 0.619. The number of rotatable bonds is 6. The van der Waals surface area contributed by atoms with Crippen LogP contribution in [0.15, 0.2) is 84.6 Å². The molecule has 0 saturated carbocycles. The summed E-state index contributed by atoms with van der Waals surface area (Å²) < 4.78 is 0. The Morgan fingerprint density at radius 2 is 1.38 bits per heavy atom. The number of nitrogens with one attached hydrogen (secondary N) is 2. The molecule has 0 aliphatic rings. The van der Waals surface area contributed by atoms with Crippen molar-refractivity contribution >= 4 is 17.9 Å². The van der Waals surface area contributed by atoms with Gasteiger partial charge in [0, 0.05) is 12.1 Å². The zero-order chi connectivity index (χ0) is 20.6. The van der Waals surface area contributed by atoms with Gasteiger partial charge in [-0.3, -0.25) is 9.59 Å². The zero-order valence-electron chi connectivity index (χ0n) is 16.6. The minimum atomic E-state index is -0.338. The predicted octanol–water partition coefficient (Wildman–Crippen LogP) is 4.39. The molecule has 0 bridgehead atoms. The molecule has 0 aromatic heterocycles. The number of benzene rings is 3. The molecule has 0 heterocycles. The van der Waals surface area contributed by atoms with E-state index in [4.69, 9.17) is 0 Å². The van der Waals surface area contributed by atoms with Gasteiger partial charge in [0.2, 0.25) is 0 Å². The molecule has 0 aliphatic carbocycles. The van der Waals surface area contributed by atoms with Gasteiger partial charge in [-0.15, -0.1) is 0 Å². The highest BCUT2D eigenvalue weighted by molar-refractivity contribution is 6.05. The fraction of sp³-hybridized carbons (Fsp3) is 0.120. The van der Waals surface area contributed by atoms with Crippen LogP contribution in [0.4, 0.5) is 0 Å². The van der Waals surface area contributed by atoms with Crippen LogP contribution >= 0.6 is 0 Å². The highest BCUT2D eigenvalue weighted by atomic mass is 16.2. The summed E-state index contributed by atoms with van der Waals surface area (Å²) in [6.07, 6.45) is 1.68. The zero-order valence-corrected chi connectivity index (χ0v) is 16.6. The third-order valence-electron chi connectivity index (χ3n) is 4.49. The number of hydrogen-bond donors (Lipinski definition) is 2. The van der Waals surface area contributed by atoms with E-state index in [0.29, 0.717) is 12.1 Å². The van der Waals surface area contributed by atoms with Crippen LogP contribution in [0.5, 0.6) is 0 Å². The van der Waals surface area contributed by atoms with Gasteiger partial charge >= 0.3 is 0 Å². The fourth-order valence-electron chi connectivity index (χ4n) is 2.76. The highest BCUT2D eigenvalue weighted by Gasteiger charge is 2.14. The Bertz CT molecular complexity index is 1000. The molecule has 3 aromatic rings. The summed E-state index contributed by atoms with van der Waals surface area (Å²) in [7, 11) is 0. The van der Waals surface area contributed by atoms with Gasteiger partial charge in [-0.25, -0.2) is 0 Å². The Morgan fingerprint density at radius 1 is 0.793 bits per heavy atom. The normalized spacial score (nSPS) is 11.0. The van der Waals surface area contributed by atoms with Crippen LogP contribution < -0.4 is 10.6 Å². The predicted molar refractivity (Wildman–Crippen MR) is 116 cm³/mol. The SMILES string of the molecule is Cc1ccc(CNC(=O)C(=Cc2ccccc2)NC(=O)c2ccc(C)cc2)cc1. The van der Waals surface area contributed by atoms with Crippen LogP contribution in [0.1, 0.15) is 32.6 Å². The van der Waals surface area contributed by atoms with Gasteiger partial charge in [0.05, 0.1) is 0 Å². The molecule has 0 radical (unpaired) electrons. The Kier molecular flexibility index (Phi) is 6.59. The molecule has 2 N–H and O–H groups in total. The van der Waals surface area contributed by atoms with Gasteiger partial charge in [0.15, 0.2) is 0 Å². The summed E-state index contributed by atoms with van der Waals surface area (Å²) in [5.41, 5.74) is 4.76. The van der Waals surface area contributed by atoms with Crippen LogP contribution in [0.3, 0.4) is 0 Å². The maximum absolute atomic E-state index is 12.8. The third-order valence-corrected chi connectivity index (χ3v) is 4.49. The van der Waals surface area contributed by atoms with Gasteiger partial charge in [0.1, 0.15) is 5.70 Å². The monoisotopic (exact) mass is 384 g/mol. The van der Waals surface area contributed by atoms with Crippen molar-refractivity contribution in [1.29, 1.82) is 0 Å². The minimum absolute atomic E-state index is 0.203. The Hall–Kier alpha value is -3.66. The van der Waals surface area contributed by atoms with E-state index >= 15 is 0 Å². The molecule has 0 unspecified atom stereocenters. The van der Waals surface area contributed by atoms with Crippen LogP contribution in [0, 0.1) is 13.8 Å². The van der Waals surface area contributed by atoms with Crippen molar-refractivity contribution in [2.45, 2.75) is 20.4 Å². The van der Waals surface area contributed by atoms with E-state index in [1.807, 2.05) is 80.6 Å². The van der Waals surface area contributed by atoms with E-state index in [-0.39, 0.29) is 17.5 Å². The number of amides is 2. The second-order valence-electron chi connectivity index (χ2n) is 6.96. The summed E-state index contributed by atoms with van der Waals surface area (Å²) >= 11 is 0. The van der Waals surface area contributed by atoms with Crippen LogP contribution in [-0.4, -0.2) is 11.8 Å². The van der Waals surface area contributed by atoms with Gasteiger partial charge in [-0.1, -0.05) is 77.9 Å². The lowest BCUT2D eigenvalue weighted by molar-refractivity contribution is -0.117. The summed E-state index contributed by atoms with van der Waals surface area (Å²) in [6, 6.07) is 24.6. The Labute approximate surface area is 171 Å². The summed E-state index contributed by atoms with van der Waals surface area (Å²) in [6.45, 7) is 4.36. The molecule has 2 amide bonds. The molecule has 0 aliphatic heterocycles. The van der Waals surface area contributed by atoms with Crippen molar-refractivity contribution in [2.75, 3.05) is 0 Å². The molecule has 0 atom stereocenters. The molecule has 3 aromatic carbocycles. The molecular formula is C25H24N2O2. The first-order valence-electron chi connectivity index (χ1n) is 9.50. The topological polar surface area (TPSA) is 58.2 Å². The highest BCUT2D eigenvalue weighted by Crippen LogP contribution is 2.09. The number of carbonyl (C=O) groups is 2. The number of carbonyl (C=O) groups excluding carboxylic acids is 2. The van der Waals surface area contributed by atoms with Crippen LogP contribution in [0.25, 0.3) is 6.08 Å². The van der Waals surface area contributed by atoms with E-state index in [0.717, 1.165) is 22.3 Å². The van der Waals surface area contributed by atoms with E-state index < -0.39 is 0 Å². The molecular weight excluding hydrogens is 360 g/mol. The summed E-state index contributed by atoms with van der Waals surface area (Å²) in [4.78, 5) is 25.5. The van der Waals surface area contributed by atoms with E-state index in [1.54, 1.807) is 18.2 Å². The van der Waals surface area contributed by atoms with Crippen molar-refractivity contribution in [3.63, 3.8) is 0 Å². The lowest BCUT2D eigenvalue weighted by Gasteiger charge is -2.12. The first kappa shape index (κ1) is 20.1. The summed E-state index contributed by atoms with van der Waals surface area (Å²) in [5, 5.41) is 5.64. The second kappa shape index (κ2) is 9.51. The van der Waals surface area contributed by atoms with Crippen molar-refractivity contribution < 1.29 is 9.59 Å². The molecule has 0 spiro atoms. The number of hydrogen-bond acceptors (Lipinski definition) is 2. The molecule has 4 nitrogen and oxygen atoms in total. The second-order valence-corrected chi connectivity index (χ2v) is 6.96. The molecule has 4 heteroatoms. The van der Waals surface area contributed by atoms with Crippen LogP contribution in [0.2, 0.25) is 0 Å². The standard InChI is InChI=1S/C25H24N2O2/c1-18-8-12-21(13-9-18)17-26-25(29)23(16-20-6-4-3-5-7-20)27-24(28)22-14-10-19(2)11-15-22/h3-16H,17H2,1-2H3,(H,26,29)(H,27,28). The van der Waals surface area contributed by atoms with Gasteiger partial charge in [-0.05, 0) is 43.2 Å². The lowest BCUT2D eigenvalue weighted by atomic mass is 10.1.